The van der Waals surface area contributed by atoms with Crippen LogP contribution < -0.4 is 54.6 Å². The molecule has 0 bridgehead atoms. The van der Waals surface area contributed by atoms with Crippen molar-refractivity contribution in [3.8, 4) is 0 Å². The topological polar surface area (TPSA) is 353 Å². The highest BCUT2D eigenvalue weighted by molar-refractivity contribution is 7.99. The van der Waals surface area contributed by atoms with Gasteiger partial charge in [0.15, 0.2) is 0 Å². The Kier molecular flexibility index (Phi) is 24.9. The van der Waals surface area contributed by atoms with E-state index in [0.717, 1.165) is 0 Å². The van der Waals surface area contributed by atoms with Crippen molar-refractivity contribution < 1.29 is 52.7 Å². The third-order valence-electron chi connectivity index (χ3n) is 11.4. The van der Waals surface area contributed by atoms with Crippen LogP contribution >= 0.6 is 11.8 Å². The number of carbonyl (C=O) groups is 11. The van der Waals surface area contributed by atoms with Crippen LogP contribution in [0.25, 0.3) is 0 Å². The van der Waals surface area contributed by atoms with E-state index >= 15 is 0 Å². The van der Waals surface area contributed by atoms with Crippen LogP contribution in [-0.4, -0.2) is 130 Å². The lowest BCUT2D eigenvalue weighted by molar-refractivity contribution is -0.142. The molecular formula is C48H69N11O11S. The van der Waals surface area contributed by atoms with Gasteiger partial charge in [-0.2, -0.15) is 11.8 Å². The fraction of sp³-hybridized carbons (Fsp3) is 0.521. The molecule has 0 aromatic heterocycles. The molecule has 1 aliphatic rings. The largest absolute Gasteiger partial charge is 0.370 e. The number of primary amides is 3. The summed E-state index contributed by atoms with van der Waals surface area (Å²) in [6.45, 7) is 5.91. The lowest BCUT2D eigenvalue weighted by Gasteiger charge is -2.30. The lowest BCUT2D eigenvalue weighted by Crippen LogP contribution is -2.61. The molecule has 0 spiro atoms. The van der Waals surface area contributed by atoms with Crippen LogP contribution in [0, 0.1) is 11.8 Å². The highest BCUT2D eigenvalue weighted by atomic mass is 32.2. The van der Waals surface area contributed by atoms with Gasteiger partial charge in [0.25, 0.3) is 0 Å². The first-order valence-corrected chi connectivity index (χ1v) is 24.7. The van der Waals surface area contributed by atoms with Crippen molar-refractivity contribution >= 4 is 76.5 Å². The van der Waals surface area contributed by atoms with Gasteiger partial charge < -0.3 is 48.7 Å². The van der Waals surface area contributed by atoms with Crippen molar-refractivity contribution in [3.05, 3.63) is 71.8 Å². The monoisotopic (exact) mass is 1010 g/mol. The fourth-order valence-corrected chi connectivity index (χ4v) is 8.36. The Labute approximate surface area is 417 Å². The van der Waals surface area contributed by atoms with Gasteiger partial charge in [-0.15, -0.1) is 0 Å². The summed E-state index contributed by atoms with van der Waals surface area (Å²) in [7, 11) is 0. The van der Waals surface area contributed by atoms with E-state index in [9.17, 15) is 52.7 Å². The van der Waals surface area contributed by atoms with Gasteiger partial charge in [-0.1, -0.05) is 94.8 Å². The number of thioether (sulfide) groups is 1. The molecule has 1 heterocycles. The van der Waals surface area contributed by atoms with Crippen LogP contribution in [0.1, 0.15) is 83.8 Å². The quantitative estimate of drug-likeness (QED) is 0.0678. The molecule has 1 aliphatic heterocycles. The maximum atomic E-state index is 14.8. The van der Waals surface area contributed by atoms with E-state index in [4.69, 9.17) is 17.2 Å². The molecule has 13 N–H and O–H groups in total. The Morgan fingerprint density at radius 2 is 1.38 bits per heavy atom. The molecule has 0 saturated carbocycles. The molecule has 388 valence electrons. The Bertz CT molecular complexity index is 2180. The number of Topliss-reactive ketones (excluding diaryl/α,β-unsaturated/α-hetero) is 2. The maximum absolute atomic E-state index is 14.8. The number of benzene rings is 2. The molecule has 9 amide bonds. The highest BCUT2D eigenvalue weighted by Gasteiger charge is 2.38. The molecule has 22 nitrogen and oxygen atoms in total. The molecule has 71 heavy (non-hydrogen) atoms. The van der Waals surface area contributed by atoms with Crippen molar-refractivity contribution in [1.29, 1.82) is 0 Å². The number of hydrazine groups is 1. The molecule has 1 fully saturated rings. The highest BCUT2D eigenvalue weighted by Crippen LogP contribution is 2.16. The smallest absolute Gasteiger partial charge is 0.243 e. The third kappa shape index (κ3) is 21.0. The van der Waals surface area contributed by atoms with Crippen LogP contribution in [-0.2, 0) is 65.7 Å². The normalized spacial score (nSPS) is 20.8. The van der Waals surface area contributed by atoms with Gasteiger partial charge in [-0.25, -0.2) is 10.9 Å². The Morgan fingerprint density at radius 1 is 0.746 bits per heavy atom. The molecule has 0 radical (unpaired) electrons. The van der Waals surface area contributed by atoms with Crippen LogP contribution in [0.5, 0.6) is 0 Å². The fourth-order valence-electron chi connectivity index (χ4n) is 7.43. The summed E-state index contributed by atoms with van der Waals surface area (Å²) < 4.78 is 0. The minimum absolute atomic E-state index is 0.0325. The summed E-state index contributed by atoms with van der Waals surface area (Å²) in [5, 5.41) is 13.0. The zero-order valence-corrected chi connectivity index (χ0v) is 41.5. The van der Waals surface area contributed by atoms with Gasteiger partial charge >= 0.3 is 0 Å². The standard InChI is InChI=1S/C48H69N11O11S/c1-5-29(4)42-47(69)55-32(16-17-37(49)60)43(65)44(66)34(24-38(50)61)58-57-33(18-20-71-21-19-40(63)53-36(46(68)56-42)23-30-12-8-6-9-13-30)48(70)59(26-31-14-10-7-11-15-31)27-41(64)54-35(22-28(2)3)45(67)52-25-39(51)62/h6-15,28-29,32-36,42,57-58H,5,16-27H2,1-4H3,(H2,49,60)(H2,50,61)(H2,51,62)(H,52,67)(H,53,63)(H,54,64)(H,55,69)(H,56,68)/t29-,32-,33-,34-,35-,36-,42-/m0/s1. The Morgan fingerprint density at radius 3 is 1.97 bits per heavy atom. The van der Waals surface area contributed by atoms with E-state index < -0.39 is 139 Å². The van der Waals surface area contributed by atoms with E-state index in [1.807, 2.05) is 13.8 Å². The van der Waals surface area contributed by atoms with E-state index in [-0.39, 0.29) is 49.7 Å². The summed E-state index contributed by atoms with van der Waals surface area (Å²) in [4.78, 5) is 149. The number of ketones is 2. The van der Waals surface area contributed by atoms with Crippen molar-refractivity contribution in [1.82, 2.24) is 42.3 Å². The van der Waals surface area contributed by atoms with E-state index in [0.29, 0.717) is 17.5 Å². The summed E-state index contributed by atoms with van der Waals surface area (Å²) in [6.07, 6.45) is -1.20. The number of hydrogen-bond acceptors (Lipinski definition) is 14. The first kappa shape index (κ1) is 58.6. The number of rotatable bonds is 20. The predicted molar refractivity (Wildman–Crippen MR) is 264 cm³/mol. The molecule has 0 aliphatic carbocycles. The molecule has 0 unspecified atom stereocenters. The summed E-state index contributed by atoms with van der Waals surface area (Å²) in [6, 6.07) is 9.22. The van der Waals surface area contributed by atoms with E-state index in [2.05, 4.69) is 37.4 Å². The first-order chi connectivity index (χ1) is 33.7. The number of amides is 9. The molecule has 23 heteroatoms. The first-order valence-electron chi connectivity index (χ1n) is 23.5. The molecule has 7 atom stereocenters. The maximum Gasteiger partial charge on any atom is 0.243 e. The van der Waals surface area contributed by atoms with Crippen LogP contribution in [0.15, 0.2) is 60.7 Å². The number of nitrogens with zero attached hydrogens (tertiary/aromatic N) is 1. The molecular weight excluding hydrogens is 939 g/mol. The average molecular weight is 1010 g/mol. The number of carbonyl (C=O) groups excluding carboxylic acids is 11. The van der Waals surface area contributed by atoms with Crippen LogP contribution in [0.2, 0.25) is 0 Å². The second-order valence-corrected chi connectivity index (χ2v) is 19.0. The minimum Gasteiger partial charge on any atom is -0.370 e. The summed E-state index contributed by atoms with van der Waals surface area (Å²) >= 11 is 1.27. The van der Waals surface area contributed by atoms with Crippen molar-refractivity contribution in [2.24, 2.45) is 29.0 Å². The van der Waals surface area contributed by atoms with Crippen molar-refractivity contribution in [2.75, 3.05) is 24.6 Å². The summed E-state index contributed by atoms with van der Waals surface area (Å²) in [5.41, 5.74) is 22.9. The summed E-state index contributed by atoms with van der Waals surface area (Å²) in [5.74, 6) is -9.60. The van der Waals surface area contributed by atoms with E-state index in [1.165, 1.54) is 16.7 Å². The SMILES string of the molecule is CC[C@H](C)[C@@H]1NC(=O)[C@H](Cc2ccccc2)NC(=O)CCSCC[C@@H](C(=O)N(CC(=O)N[C@@H](CC(C)C)C(=O)NCC(N)=O)Cc2ccccc2)NN[C@@H](CC(N)=O)C(=O)C(=O)[C@H](CCC(N)=O)NC1=O. The molecule has 2 aromatic carbocycles. The molecule has 3 rings (SSSR count). The van der Waals surface area contributed by atoms with Crippen LogP contribution in [0.4, 0.5) is 0 Å². The van der Waals surface area contributed by atoms with Gasteiger partial charge in [0.05, 0.1) is 31.6 Å². The minimum atomic E-state index is -1.74. The number of hydrogen-bond donors (Lipinski definition) is 10. The predicted octanol–water partition coefficient (Wildman–Crippen LogP) is -1.47. The zero-order chi connectivity index (χ0) is 52.6. The Balaban J connectivity index is 2.08. The lowest BCUT2D eigenvalue weighted by atomic mass is 9.94. The zero-order valence-electron chi connectivity index (χ0n) is 40.7. The van der Waals surface area contributed by atoms with Gasteiger partial charge in [0, 0.05) is 31.6 Å². The third-order valence-corrected chi connectivity index (χ3v) is 12.4. The van der Waals surface area contributed by atoms with Crippen LogP contribution in [0.3, 0.4) is 0 Å². The number of nitrogens with one attached hydrogen (secondary N) is 7. The number of nitrogens with two attached hydrogens (primary N) is 3. The van der Waals surface area contributed by atoms with Gasteiger partial charge in [0.1, 0.15) is 24.2 Å². The second kappa shape index (κ2) is 30.1. The van der Waals surface area contributed by atoms with Crippen molar-refractivity contribution in [2.45, 2.75) is 122 Å². The Hall–Kier alpha value is -6.72. The van der Waals surface area contributed by atoms with Gasteiger partial charge in [0.2, 0.25) is 64.7 Å². The van der Waals surface area contributed by atoms with Gasteiger partial charge in [-0.05, 0) is 48.0 Å². The molecule has 1 saturated heterocycles. The molecule has 2 aromatic rings. The van der Waals surface area contributed by atoms with Gasteiger partial charge in [-0.3, -0.25) is 52.7 Å². The van der Waals surface area contributed by atoms with E-state index in [1.54, 1.807) is 74.5 Å². The average Bonchev–Trinajstić information content (AvgIpc) is 3.32. The second-order valence-electron chi connectivity index (χ2n) is 17.8. The van der Waals surface area contributed by atoms with Crippen molar-refractivity contribution in [3.63, 3.8) is 0 Å².